The Morgan fingerprint density at radius 1 is 1.45 bits per heavy atom. The highest BCUT2D eigenvalue weighted by atomic mass is 16.5. The second-order valence-corrected chi connectivity index (χ2v) is 5.08. The Balaban J connectivity index is 2.18. The van der Waals surface area contributed by atoms with Gasteiger partial charge in [-0.1, -0.05) is 0 Å². The molecule has 0 saturated carbocycles. The Hall–Kier alpha value is -2.05. The number of nitrogens with two attached hydrogens (primary N) is 1. The van der Waals surface area contributed by atoms with Crippen LogP contribution in [0.1, 0.15) is 29.0 Å². The summed E-state index contributed by atoms with van der Waals surface area (Å²) in [4.78, 5) is 25.8. The van der Waals surface area contributed by atoms with Crippen molar-refractivity contribution in [3.05, 3.63) is 11.4 Å². The molecule has 1 aromatic rings. The largest absolute Gasteiger partial charge is 0.469 e. The van der Waals surface area contributed by atoms with E-state index in [0.717, 1.165) is 12.8 Å². The van der Waals surface area contributed by atoms with Crippen LogP contribution in [-0.4, -0.2) is 46.8 Å². The van der Waals surface area contributed by atoms with E-state index in [2.05, 4.69) is 5.10 Å². The summed E-state index contributed by atoms with van der Waals surface area (Å²) >= 11 is 0. The number of amides is 1. The topological polar surface area (TPSA) is 90.4 Å². The minimum Gasteiger partial charge on any atom is -0.469 e. The number of carbonyl (C=O) groups is 2. The van der Waals surface area contributed by atoms with Crippen LogP contribution in [0.5, 0.6) is 0 Å². The van der Waals surface area contributed by atoms with E-state index in [-0.39, 0.29) is 17.8 Å². The van der Waals surface area contributed by atoms with Crippen LogP contribution in [0.4, 0.5) is 5.69 Å². The molecule has 1 aliphatic heterocycles. The molecule has 1 amide bonds. The Labute approximate surface area is 117 Å². The number of hydrogen-bond acceptors (Lipinski definition) is 5. The summed E-state index contributed by atoms with van der Waals surface area (Å²) in [5, 5.41) is 4.15. The smallest absolute Gasteiger partial charge is 0.310 e. The maximum atomic E-state index is 12.5. The number of carbonyl (C=O) groups excluding carboxylic acids is 2. The number of ether oxygens (including phenoxy) is 1. The van der Waals surface area contributed by atoms with Crippen molar-refractivity contribution in [1.82, 2.24) is 14.7 Å². The quantitative estimate of drug-likeness (QED) is 0.789. The molecule has 0 bridgehead atoms. The van der Waals surface area contributed by atoms with Gasteiger partial charge in [0.05, 0.1) is 24.4 Å². The fraction of sp³-hybridized carbons (Fsp3) is 0.615. The molecular formula is C13H20N4O3. The second kappa shape index (κ2) is 5.52. The summed E-state index contributed by atoms with van der Waals surface area (Å²) in [7, 11) is 3.06. The Morgan fingerprint density at radius 3 is 2.70 bits per heavy atom. The highest BCUT2D eigenvalue weighted by molar-refractivity contribution is 5.98. The molecule has 1 aliphatic rings. The van der Waals surface area contributed by atoms with E-state index >= 15 is 0 Å². The van der Waals surface area contributed by atoms with Gasteiger partial charge in [0, 0.05) is 20.1 Å². The van der Waals surface area contributed by atoms with Gasteiger partial charge >= 0.3 is 5.97 Å². The van der Waals surface area contributed by atoms with E-state index in [9.17, 15) is 9.59 Å². The summed E-state index contributed by atoms with van der Waals surface area (Å²) in [6.45, 7) is 2.75. The predicted octanol–water partition coefficient (Wildman–Crippen LogP) is 0.336. The minimum absolute atomic E-state index is 0.181. The van der Waals surface area contributed by atoms with E-state index in [1.807, 2.05) is 0 Å². The van der Waals surface area contributed by atoms with Gasteiger partial charge in [0.25, 0.3) is 5.91 Å². The fourth-order valence-corrected chi connectivity index (χ4v) is 2.60. The Bertz CT molecular complexity index is 538. The zero-order valence-corrected chi connectivity index (χ0v) is 12.0. The minimum atomic E-state index is -0.267. The molecule has 1 unspecified atom stereocenters. The summed E-state index contributed by atoms with van der Waals surface area (Å²) in [6.07, 6.45) is 1.53. The van der Waals surface area contributed by atoms with Gasteiger partial charge in [0.15, 0.2) is 0 Å². The third-order valence-corrected chi connectivity index (χ3v) is 3.71. The molecule has 1 atom stereocenters. The van der Waals surface area contributed by atoms with Crippen LogP contribution in [0.3, 0.4) is 0 Å². The number of hydrogen-bond donors (Lipinski definition) is 1. The van der Waals surface area contributed by atoms with Gasteiger partial charge in [-0.15, -0.1) is 0 Å². The number of esters is 1. The summed E-state index contributed by atoms with van der Waals surface area (Å²) in [5.74, 6) is -0.705. The van der Waals surface area contributed by atoms with Crippen LogP contribution in [0, 0.1) is 12.8 Å². The average molecular weight is 280 g/mol. The summed E-state index contributed by atoms with van der Waals surface area (Å²) in [5.41, 5.74) is 7.33. The highest BCUT2D eigenvalue weighted by Crippen LogP contribution is 2.22. The lowest BCUT2D eigenvalue weighted by Crippen LogP contribution is -2.43. The van der Waals surface area contributed by atoms with Gasteiger partial charge in [0.2, 0.25) is 0 Å². The van der Waals surface area contributed by atoms with E-state index in [1.165, 1.54) is 11.8 Å². The average Bonchev–Trinajstić information content (AvgIpc) is 2.70. The van der Waals surface area contributed by atoms with E-state index in [1.54, 1.807) is 18.9 Å². The zero-order chi connectivity index (χ0) is 14.9. The molecule has 0 spiro atoms. The molecular weight excluding hydrogens is 260 g/mol. The third-order valence-electron chi connectivity index (χ3n) is 3.71. The fourth-order valence-electron chi connectivity index (χ4n) is 2.60. The molecule has 2 N–H and O–H groups in total. The lowest BCUT2D eigenvalue weighted by molar-refractivity contribution is -0.146. The van der Waals surface area contributed by atoms with E-state index in [0.29, 0.717) is 30.2 Å². The molecule has 110 valence electrons. The molecule has 0 aliphatic carbocycles. The number of methoxy groups -OCH3 is 1. The van der Waals surface area contributed by atoms with Crippen LogP contribution in [0.25, 0.3) is 0 Å². The molecule has 2 heterocycles. The highest BCUT2D eigenvalue weighted by Gasteiger charge is 2.31. The van der Waals surface area contributed by atoms with Crippen molar-refractivity contribution >= 4 is 17.6 Å². The first-order chi connectivity index (χ1) is 9.45. The summed E-state index contributed by atoms with van der Waals surface area (Å²) in [6, 6.07) is 0. The molecule has 7 nitrogen and oxygen atoms in total. The lowest BCUT2D eigenvalue weighted by Gasteiger charge is -2.31. The molecule has 7 heteroatoms. The standard InChI is InChI=1S/C13H20N4O3/c1-8-10(14)11(16(2)15-8)12(18)17-6-4-5-9(7-17)13(19)20-3/h9H,4-7,14H2,1-3H3. The van der Waals surface area contributed by atoms with Gasteiger partial charge in [-0.3, -0.25) is 14.3 Å². The molecule has 20 heavy (non-hydrogen) atoms. The first-order valence-electron chi connectivity index (χ1n) is 6.61. The number of nitrogens with zero attached hydrogens (tertiary/aromatic N) is 3. The van der Waals surface area contributed by atoms with Crippen molar-refractivity contribution in [1.29, 1.82) is 0 Å². The number of aromatic nitrogens is 2. The van der Waals surface area contributed by atoms with Crippen LogP contribution in [0.2, 0.25) is 0 Å². The Kier molecular flexibility index (Phi) is 3.96. The van der Waals surface area contributed by atoms with E-state index in [4.69, 9.17) is 10.5 Å². The van der Waals surface area contributed by atoms with Crippen molar-refractivity contribution in [2.75, 3.05) is 25.9 Å². The molecule has 2 rings (SSSR count). The molecule has 1 saturated heterocycles. The van der Waals surface area contributed by atoms with Crippen LogP contribution < -0.4 is 5.73 Å². The zero-order valence-electron chi connectivity index (χ0n) is 12.0. The first-order valence-corrected chi connectivity index (χ1v) is 6.61. The molecule has 1 aromatic heterocycles. The second-order valence-electron chi connectivity index (χ2n) is 5.08. The van der Waals surface area contributed by atoms with Gasteiger partial charge in [-0.2, -0.15) is 5.10 Å². The number of piperidine rings is 1. The van der Waals surface area contributed by atoms with Crippen molar-refractivity contribution in [3.8, 4) is 0 Å². The van der Waals surface area contributed by atoms with Crippen molar-refractivity contribution in [3.63, 3.8) is 0 Å². The van der Waals surface area contributed by atoms with Crippen LogP contribution in [-0.2, 0) is 16.6 Å². The van der Waals surface area contributed by atoms with Gasteiger partial charge < -0.3 is 15.4 Å². The van der Waals surface area contributed by atoms with Gasteiger partial charge in [-0.25, -0.2) is 0 Å². The number of likely N-dealkylation sites (tertiary alicyclic amines) is 1. The maximum Gasteiger partial charge on any atom is 0.310 e. The first kappa shape index (κ1) is 14.4. The van der Waals surface area contributed by atoms with E-state index < -0.39 is 0 Å². The summed E-state index contributed by atoms with van der Waals surface area (Å²) < 4.78 is 6.25. The monoisotopic (exact) mass is 280 g/mol. The van der Waals surface area contributed by atoms with Crippen LogP contribution >= 0.6 is 0 Å². The molecule has 0 aromatic carbocycles. The number of aryl methyl sites for hydroxylation is 2. The van der Waals surface area contributed by atoms with Gasteiger partial charge in [-0.05, 0) is 19.8 Å². The predicted molar refractivity (Wildman–Crippen MR) is 73.0 cm³/mol. The Morgan fingerprint density at radius 2 is 2.15 bits per heavy atom. The molecule has 1 fully saturated rings. The number of nitrogen functional groups attached to an aromatic ring is 1. The van der Waals surface area contributed by atoms with Crippen molar-refractivity contribution in [2.45, 2.75) is 19.8 Å². The maximum absolute atomic E-state index is 12.5. The third kappa shape index (κ3) is 2.48. The number of rotatable bonds is 2. The lowest BCUT2D eigenvalue weighted by atomic mass is 9.98. The normalized spacial score (nSPS) is 18.9. The van der Waals surface area contributed by atoms with Crippen molar-refractivity contribution in [2.24, 2.45) is 13.0 Å². The van der Waals surface area contributed by atoms with Crippen LogP contribution in [0.15, 0.2) is 0 Å². The number of anilines is 1. The SMILES string of the molecule is COC(=O)C1CCCN(C(=O)c2c(N)c(C)nn2C)C1. The van der Waals surface area contributed by atoms with Crippen molar-refractivity contribution < 1.29 is 14.3 Å². The molecule has 0 radical (unpaired) electrons. The van der Waals surface area contributed by atoms with Gasteiger partial charge in [0.1, 0.15) is 5.69 Å².